The van der Waals surface area contributed by atoms with Gasteiger partial charge in [-0.15, -0.1) is 22.7 Å². The SMILES string of the molecule is CCc1ccc(C(=O)c2sc(C)cc2C)s1. The minimum atomic E-state index is 0.181. The summed E-state index contributed by atoms with van der Waals surface area (Å²) in [6.07, 6.45) is 1.00. The number of hydrogen-bond donors (Lipinski definition) is 0. The summed E-state index contributed by atoms with van der Waals surface area (Å²) in [5.41, 5.74) is 1.10. The predicted molar refractivity (Wildman–Crippen MR) is 70.9 cm³/mol. The highest BCUT2D eigenvalue weighted by Gasteiger charge is 2.16. The van der Waals surface area contributed by atoms with E-state index in [9.17, 15) is 4.79 Å². The van der Waals surface area contributed by atoms with E-state index >= 15 is 0 Å². The van der Waals surface area contributed by atoms with E-state index < -0.39 is 0 Å². The minimum Gasteiger partial charge on any atom is -0.287 e. The fraction of sp³-hybridized carbons (Fsp3) is 0.308. The van der Waals surface area contributed by atoms with Crippen molar-refractivity contribution < 1.29 is 4.79 Å². The van der Waals surface area contributed by atoms with Crippen LogP contribution in [0, 0.1) is 13.8 Å². The number of thiophene rings is 2. The highest BCUT2D eigenvalue weighted by Crippen LogP contribution is 2.27. The number of carbonyl (C=O) groups is 1. The molecule has 2 aromatic heterocycles. The first-order valence-corrected chi connectivity index (χ1v) is 6.95. The van der Waals surface area contributed by atoms with Crippen LogP contribution in [-0.2, 0) is 6.42 Å². The third-order valence-corrected chi connectivity index (χ3v) is 4.86. The molecule has 0 fully saturated rings. The Hall–Kier alpha value is -0.930. The van der Waals surface area contributed by atoms with Crippen molar-refractivity contribution in [2.24, 2.45) is 0 Å². The molecule has 0 amide bonds. The Labute approximate surface area is 104 Å². The Morgan fingerprint density at radius 3 is 2.50 bits per heavy atom. The van der Waals surface area contributed by atoms with E-state index in [-0.39, 0.29) is 5.78 Å². The molecule has 0 aliphatic heterocycles. The van der Waals surface area contributed by atoms with Gasteiger partial charge in [-0.25, -0.2) is 0 Å². The standard InChI is InChI=1S/C13H14OS2/c1-4-10-5-6-11(16-10)12(14)13-8(2)7-9(3)15-13/h5-7H,4H2,1-3H3. The summed E-state index contributed by atoms with van der Waals surface area (Å²) in [5, 5.41) is 0. The number of aryl methyl sites for hydroxylation is 3. The molecule has 84 valence electrons. The maximum atomic E-state index is 12.2. The molecular formula is C13H14OS2. The molecule has 1 nitrogen and oxygen atoms in total. The van der Waals surface area contributed by atoms with E-state index in [2.05, 4.69) is 13.0 Å². The molecule has 0 aromatic carbocycles. The van der Waals surface area contributed by atoms with Gasteiger partial charge in [-0.2, -0.15) is 0 Å². The molecule has 0 spiro atoms. The Kier molecular flexibility index (Phi) is 3.26. The summed E-state index contributed by atoms with van der Waals surface area (Å²) in [6.45, 7) is 6.16. The molecule has 0 aliphatic rings. The second-order valence-electron chi connectivity index (χ2n) is 3.82. The lowest BCUT2D eigenvalue weighted by molar-refractivity contribution is 0.104. The smallest absolute Gasteiger partial charge is 0.213 e. The average Bonchev–Trinajstić information content (AvgIpc) is 2.84. The molecule has 3 heteroatoms. The van der Waals surface area contributed by atoms with E-state index in [1.807, 2.05) is 26.0 Å². The van der Waals surface area contributed by atoms with Gasteiger partial charge in [-0.3, -0.25) is 4.79 Å². The van der Waals surface area contributed by atoms with Crippen LogP contribution in [0.25, 0.3) is 0 Å². The van der Waals surface area contributed by atoms with E-state index in [1.165, 1.54) is 9.75 Å². The molecule has 0 aliphatic carbocycles. The van der Waals surface area contributed by atoms with Crippen LogP contribution in [0.1, 0.15) is 36.8 Å². The van der Waals surface area contributed by atoms with Gasteiger partial charge in [0.15, 0.2) is 0 Å². The lowest BCUT2D eigenvalue weighted by Gasteiger charge is -1.95. The monoisotopic (exact) mass is 250 g/mol. The maximum absolute atomic E-state index is 12.2. The van der Waals surface area contributed by atoms with Gasteiger partial charge in [0, 0.05) is 9.75 Å². The van der Waals surface area contributed by atoms with Crippen LogP contribution >= 0.6 is 22.7 Å². The van der Waals surface area contributed by atoms with Gasteiger partial charge in [0.05, 0.1) is 9.75 Å². The van der Waals surface area contributed by atoms with E-state index in [1.54, 1.807) is 22.7 Å². The fourth-order valence-electron chi connectivity index (χ4n) is 1.67. The zero-order chi connectivity index (χ0) is 11.7. The van der Waals surface area contributed by atoms with Crippen LogP contribution < -0.4 is 0 Å². The molecule has 16 heavy (non-hydrogen) atoms. The summed E-state index contributed by atoms with van der Waals surface area (Å²) < 4.78 is 0. The van der Waals surface area contributed by atoms with Crippen molar-refractivity contribution in [2.75, 3.05) is 0 Å². The number of carbonyl (C=O) groups excluding carboxylic acids is 1. The Bertz CT molecular complexity index is 520. The third kappa shape index (κ3) is 2.11. The van der Waals surface area contributed by atoms with Crippen LogP contribution in [0.5, 0.6) is 0 Å². The molecule has 2 aromatic rings. The van der Waals surface area contributed by atoms with Crippen molar-refractivity contribution >= 4 is 28.5 Å². The predicted octanol–water partition coefficient (Wildman–Crippen LogP) is 4.22. The highest BCUT2D eigenvalue weighted by atomic mass is 32.1. The molecule has 0 saturated heterocycles. The van der Waals surface area contributed by atoms with E-state index in [4.69, 9.17) is 0 Å². The lowest BCUT2D eigenvalue weighted by atomic mass is 10.2. The molecule has 0 atom stereocenters. The second kappa shape index (κ2) is 4.52. The fourth-order valence-corrected chi connectivity index (χ4v) is 3.61. The maximum Gasteiger partial charge on any atom is 0.213 e. The van der Waals surface area contributed by atoms with Crippen molar-refractivity contribution in [1.82, 2.24) is 0 Å². The van der Waals surface area contributed by atoms with Gasteiger partial charge in [0.25, 0.3) is 0 Å². The van der Waals surface area contributed by atoms with Crippen molar-refractivity contribution in [3.63, 3.8) is 0 Å². The Morgan fingerprint density at radius 1 is 1.25 bits per heavy atom. The van der Waals surface area contributed by atoms with Gasteiger partial charge in [0.2, 0.25) is 5.78 Å². The first-order chi connectivity index (χ1) is 7.61. The summed E-state index contributed by atoms with van der Waals surface area (Å²) in [7, 11) is 0. The van der Waals surface area contributed by atoms with Gasteiger partial charge in [0.1, 0.15) is 0 Å². The van der Waals surface area contributed by atoms with E-state index in [0.717, 1.165) is 21.7 Å². The van der Waals surface area contributed by atoms with Gasteiger partial charge in [-0.05, 0) is 44.0 Å². The van der Waals surface area contributed by atoms with Crippen molar-refractivity contribution in [3.05, 3.63) is 43.3 Å². The zero-order valence-corrected chi connectivity index (χ0v) is 11.3. The third-order valence-electron chi connectivity index (χ3n) is 2.48. The quantitative estimate of drug-likeness (QED) is 0.745. The minimum absolute atomic E-state index is 0.181. The van der Waals surface area contributed by atoms with Crippen LogP contribution in [0.3, 0.4) is 0 Å². The van der Waals surface area contributed by atoms with Crippen molar-refractivity contribution in [3.8, 4) is 0 Å². The molecule has 0 bridgehead atoms. The van der Waals surface area contributed by atoms with Crippen molar-refractivity contribution in [2.45, 2.75) is 27.2 Å². The molecule has 0 radical (unpaired) electrons. The van der Waals surface area contributed by atoms with Gasteiger partial charge in [-0.1, -0.05) is 6.92 Å². The molecule has 2 heterocycles. The first-order valence-electron chi connectivity index (χ1n) is 5.32. The van der Waals surface area contributed by atoms with Crippen molar-refractivity contribution in [1.29, 1.82) is 0 Å². The highest BCUT2D eigenvalue weighted by molar-refractivity contribution is 7.17. The van der Waals surface area contributed by atoms with Gasteiger partial charge >= 0.3 is 0 Å². The molecule has 0 unspecified atom stereocenters. The Morgan fingerprint density at radius 2 is 2.00 bits per heavy atom. The lowest BCUT2D eigenvalue weighted by Crippen LogP contribution is -1.96. The molecule has 0 N–H and O–H groups in total. The zero-order valence-electron chi connectivity index (χ0n) is 9.66. The largest absolute Gasteiger partial charge is 0.287 e. The van der Waals surface area contributed by atoms with Crippen LogP contribution in [-0.4, -0.2) is 5.78 Å². The topological polar surface area (TPSA) is 17.1 Å². The van der Waals surface area contributed by atoms with Crippen LogP contribution in [0.4, 0.5) is 0 Å². The summed E-state index contributed by atoms with van der Waals surface area (Å²) >= 11 is 3.20. The van der Waals surface area contributed by atoms with Gasteiger partial charge < -0.3 is 0 Å². The summed E-state index contributed by atoms with van der Waals surface area (Å²) in [4.78, 5) is 16.5. The number of ketones is 1. The van der Waals surface area contributed by atoms with Crippen LogP contribution in [0.15, 0.2) is 18.2 Å². The Balaban J connectivity index is 2.35. The second-order valence-corrected chi connectivity index (χ2v) is 6.24. The van der Waals surface area contributed by atoms with Crippen LogP contribution in [0.2, 0.25) is 0 Å². The normalized spacial score (nSPS) is 10.7. The number of hydrogen-bond acceptors (Lipinski definition) is 3. The van der Waals surface area contributed by atoms with E-state index in [0.29, 0.717) is 0 Å². The molecule has 2 rings (SSSR count). The first kappa shape index (κ1) is 11.6. The summed E-state index contributed by atoms with van der Waals surface area (Å²) in [5.74, 6) is 0.181. The molecule has 0 saturated carbocycles. The average molecular weight is 250 g/mol. The molecular weight excluding hydrogens is 236 g/mol. The number of rotatable bonds is 3. The summed E-state index contributed by atoms with van der Waals surface area (Å²) in [6, 6.07) is 6.07.